The van der Waals surface area contributed by atoms with Crippen LogP contribution in [0, 0.1) is 5.92 Å². The van der Waals surface area contributed by atoms with Crippen molar-refractivity contribution in [3.63, 3.8) is 0 Å². The minimum absolute atomic E-state index is 0.0150. The van der Waals surface area contributed by atoms with Crippen LogP contribution in [0.3, 0.4) is 0 Å². The van der Waals surface area contributed by atoms with Crippen LogP contribution in [0.1, 0.15) is 38.5 Å². The number of nitrogens with zero attached hydrogens (tertiary/aromatic N) is 2. The van der Waals surface area contributed by atoms with Crippen molar-refractivity contribution in [2.24, 2.45) is 5.92 Å². The third-order valence-corrected chi connectivity index (χ3v) is 4.93. The Labute approximate surface area is 140 Å². The molecule has 0 aromatic heterocycles. The number of carbonyl (C=O) groups excluding carboxylic acids is 2. The number of rotatable bonds is 6. The van der Waals surface area contributed by atoms with Crippen LogP contribution in [-0.2, 0) is 9.59 Å². The second kappa shape index (κ2) is 9.23. The highest BCUT2D eigenvalue weighted by molar-refractivity contribution is 5.88. The fourth-order valence-electron chi connectivity index (χ4n) is 3.39. The first-order valence-corrected chi connectivity index (χ1v) is 8.99. The van der Waals surface area contributed by atoms with Crippen LogP contribution >= 0.6 is 0 Å². The molecule has 2 rings (SSSR count). The summed E-state index contributed by atoms with van der Waals surface area (Å²) in [5.74, 6) is 0.737. The van der Waals surface area contributed by atoms with E-state index in [0.29, 0.717) is 6.54 Å². The van der Waals surface area contributed by atoms with E-state index in [1.807, 2.05) is 0 Å². The maximum Gasteiger partial charge on any atom is 0.242 e. The van der Waals surface area contributed by atoms with E-state index in [1.165, 1.54) is 19.3 Å². The van der Waals surface area contributed by atoms with Crippen molar-refractivity contribution >= 4 is 11.8 Å². The number of nitrogens with one attached hydrogen (secondary N) is 2. The largest absolute Gasteiger partial charge is 0.354 e. The normalized spacial score (nSPS) is 24.3. The molecule has 0 radical (unpaired) electrons. The molecule has 6 heteroatoms. The van der Waals surface area contributed by atoms with Crippen LogP contribution in [0.25, 0.3) is 0 Å². The molecule has 1 atom stereocenters. The standard InChI is InChI=1S/C17H32N4O2/c1-20(2)10-6-14-7-11-21(12-8-14)13-16(22)19-15-5-3-4-9-18-17(15)23/h14-15H,3-13H2,1-2H3,(H,18,23)(H,19,22). The zero-order valence-corrected chi connectivity index (χ0v) is 14.6. The Morgan fingerprint density at radius 2 is 2.00 bits per heavy atom. The highest BCUT2D eigenvalue weighted by Gasteiger charge is 2.25. The van der Waals surface area contributed by atoms with Crippen molar-refractivity contribution < 1.29 is 9.59 Å². The third-order valence-electron chi connectivity index (χ3n) is 4.93. The molecule has 23 heavy (non-hydrogen) atoms. The monoisotopic (exact) mass is 324 g/mol. The van der Waals surface area contributed by atoms with Crippen LogP contribution in [0.15, 0.2) is 0 Å². The fraction of sp³-hybridized carbons (Fsp3) is 0.882. The molecule has 0 bridgehead atoms. The van der Waals surface area contributed by atoms with E-state index >= 15 is 0 Å². The zero-order valence-electron chi connectivity index (χ0n) is 14.6. The summed E-state index contributed by atoms with van der Waals surface area (Å²) in [7, 11) is 4.23. The van der Waals surface area contributed by atoms with Crippen LogP contribution in [0.5, 0.6) is 0 Å². The Balaban J connectivity index is 1.67. The highest BCUT2D eigenvalue weighted by atomic mass is 16.2. The van der Waals surface area contributed by atoms with Crippen molar-refractivity contribution in [3.05, 3.63) is 0 Å². The molecule has 0 spiro atoms. The van der Waals surface area contributed by atoms with E-state index in [2.05, 4.69) is 34.5 Å². The second-order valence-electron chi connectivity index (χ2n) is 7.22. The number of piperidine rings is 1. The minimum atomic E-state index is -0.345. The lowest BCUT2D eigenvalue weighted by Crippen LogP contribution is -2.49. The van der Waals surface area contributed by atoms with Crippen molar-refractivity contribution in [3.8, 4) is 0 Å². The summed E-state index contributed by atoms with van der Waals surface area (Å²) in [4.78, 5) is 28.5. The summed E-state index contributed by atoms with van der Waals surface area (Å²) < 4.78 is 0. The molecule has 2 heterocycles. The van der Waals surface area contributed by atoms with E-state index in [0.717, 1.165) is 51.4 Å². The van der Waals surface area contributed by atoms with Crippen molar-refractivity contribution in [1.82, 2.24) is 20.4 Å². The smallest absolute Gasteiger partial charge is 0.242 e. The average molecular weight is 324 g/mol. The summed E-state index contributed by atoms with van der Waals surface area (Å²) in [5.41, 5.74) is 0. The Kier molecular flexibility index (Phi) is 7.30. The van der Waals surface area contributed by atoms with Gasteiger partial charge in [-0.25, -0.2) is 0 Å². The molecule has 0 aliphatic carbocycles. The van der Waals surface area contributed by atoms with Crippen LogP contribution in [-0.4, -0.2) is 74.5 Å². The molecule has 2 amide bonds. The number of amides is 2. The van der Waals surface area contributed by atoms with Gasteiger partial charge in [-0.3, -0.25) is 14.5 Å². The summed E-state index contributed by atoms with van der Waals surface area (Å²) in [6, 6.07) is -0.345. The van der Waals surface area contributed by atoms with Crippen molar-refractivity contribution in [1.29, 1.82) is 0 Å². The molecular weight excluding hydrogens is 292 g/mol. The van der Waals surface area contributed by atoms with Gasteiger partial charge in [0.2, 0.25) is 11.8 Å². The maximum atomic E-state index is 12.2. The van der Waals surface area contributed by atoms with Gasteiger partial charge in [0.05, 0.1) is 6.54 Å². The molecule has 2 aliphatic heterocycles. The van der Waals surface area contributed by atoms with Crippen LogP contribution < -0.4 is 10.6 Å². The number of carbonyl (C=O) groups is 2. The third kappa shape index (κ3) is 6.47. The molecule has 132 valence electrons. The van der Waals surface area contributed by atoms with Gasteiger partial charge in [-0.05, 0) is 78.2 Å². The summed E-state index contributed by atoms with van der Waals surface area (Å²) in [6.07, 6.45) is 6.33. The zero-order chi connectivity index (χ0) is 16.7. The lowest BCUT2D eigenvalue weighted by atomic mass is 9.93. The Hall–Kier alpha value is -1.14. The minimum Gasteiger partial charge on any atom is -0.354 e. The summed E-state index contributed by atoms with van der Waals surface area (Å²) >= 11 is 0. The highest BCUT2D eigenvalue weighted by Crippen LogP contribution is 2.20. The predicted octanol–water partition coefficient (Wildman–Crippen LogP) is 0.435. The first-order valence-electron chi connectivity index (χ1n) is 8.99. The molecule has 0 aromatic rings. The first kappa shape index (κ1) is 18.2. The summed E-state index contributed by atoms with van der Waals surface area (Å²) in [5, 5.41) is 5.77. The maximum absolute atomic E-state index is 12.2. The number of likely N-dealkylation sites (tertiary alicyclic amines) is 1. The number of hydrogen-bond donors (Lipinski definition) is 2. The quantitative estimate of drug-likeness (QED) is 0.744. The topological polar surface area (TPSA) is 64.7 Å². The average Bonchev–Trinajstić information content (AvgIpc) is 2.71. The van der Waals surface area contributed by atoms with Gasteiger partial charge in [0.1, 0.15) is 6.04 Å². The van der Waals surface area contributed by atoms with Gasteiger partial charge in [-0.15, -0.1) is 0 Å². The van der Waals surface area contributed by atoms with Crippen LogP contribution in [0.2, 0.25) is 0 Å². The molecule has 1 unspecified atom stereocenters. The van der Waals surface area contributed by atoms with Gasteiger partial charge in [0.25, 0.3) is 0 Å². The molecule has 2 N–H and O–H groups in total. The van der Waals surface area contributed by atoms with Gasteiger partial charge in [-0.2, -0.15) is 0 Å². The molecule has 2 saturated heterocycles. The van der Waals surface area contributed by atoms with Gasteiger partial charge < -0.3 is 15.5 Å². The fourth-order valence-corrected chi connectivity index (χ4v) is 3.39. The summed E-state index contributed by atoms with van der Waals surface area (Å²) in [6.45, 7) is 4.27. The molecular formula is C17H32N4O2. The molecule has 2 fully saturated rings. The molecule has 0 saturated carbocycles. The van der Waals surface area contributed by atoms with Gasteiger partial charge in [-0.1, -0.05) is 0 Å². The Morgan fingerprint density at radius 1 is 1.26 bits per heavy atom. The predicted molar refractivity (Wildman–Crippen MR) is 91.1 cm³/mol. The lowest BCUT2D eigenvalue weighted by molar-refractivity contribution is -0.129. The van der Waals surface area contributed by atoms with E-state index in [4.69, 9.17) is 0 Å². The van der Waals surface area contributed by atoms with E-state index < -0.39 is 0 Å². The van der Waals surface area contributed by atoms with Gasteiger partial charge in [0, 0.05) is 6.54 Å². The molecule has 2 aliphatic rings. The van der Waals surface area contributed by atoms with E-state index in [1.54, 1.807) is 0 Å². The van der Waals surface area contributed by atoms with E-state index in [-0.39, 0.29) is 17.9 Å². The Bertz CT molecular complexity index is 392. The van der Waals surface area contributed by atoms with E-state index in [9.17, 15) is 9.59 Å². The SMILES string of the molecule is CN(C)CCC1CCN(CC(=O)NC2CCCCNC2=O)CC1. The first-order chi connectivity index (χ1) is 11.0. The van der Waals surface area contributed by atoms with Gasteiger partial charge in [0.15, 0.2) is 0 Å². The van der Waals surface area contributed by atoms with Crippen LogP contribution in [0.4, 0.5) is 0 Å². The lowest BCUT2D eigenvalue weighted by Gasteiger charge is -2.32. The molecule has 6 nitrogen and oxygen atoms in total. The Morgan fingerprint density at radius 3 is 2.70 bits per heavy atom. The van der Waals surface area contributed by atoms with Crippen molar-refractivity contribution in [2.75, 3.05) is 46.8 Å². The number of hydrogen-bond acceptors (Lipinski definition) is 4. The molecule has 0 aromatic carbocycles. The van der Waals surface area contributed by atoms with Gasteiger partial charge >= 0.3 is 0 Å². The second-order valence-corrected chi connectivity index (χ2v) is 7.22. The van der Waals surface area contributed by atoms with Crippen molar-refractivity contribution in [2.45, 2.75) is 44.6 Å².